The van der Waals surface area contributed by atoms with Crippen LogP contribution in [0.25, 0.3) is 10.9 Å². The van der Waals surface area contributed by atoms with Crippen molar-refractivity contribution in [2.45, 2.75) is 0 Å². The third kappa shape index (κ3) is 1.29. The maximum Gasteiger partial charge on any atom is 0.227 e. The third-order valence-corrected chi connectivity index (χ3v) is 1.94. The lowest BCUT2D eigenvalue weighted by molar-refractivity contribution is 0.629. The molecule has 1 aromatic carbocycles. The Balaban J connectivity index is 2.97. The van der Waals surface area contributed by atoms with Crippen molar-refractivity contribution in [1.82, 2.24) is 10.2 Å². The minimum atomic E-state index is -0.472. The number of hydrogen-bond donors (Lipinski definition) is 1. The van der Waals surface area contributed by atoms with Gasteiger partial charge in [-0.1, -0.05) is 11.6 Å². The van der Waals surface area contributed by atoms with Gasteiger partial charge in [0.05, 0.1) is 10.9 Å². The van der Waals surface area contributed by atoms with Gasteiger partial charge in [-0.3, -0.25) is 9.89 Å². The van der Waals surface area contributed by atoms with Gasteiger partial charge in [0.15, 0.2) is 5.15 Å². The molecule has 13 heavy (non-hydrogen) atoms. The van der Waals surface area contributed by atoms with Crippen molar-refractivity contribution in [3.05, 3.63) is 39.4 Å². The van der Waals surface area contributed by atoms with Gasteiger partial charge in [0.25, 0.3) is 0 Å². The zero-order valence-corrected chi connectivity index (χ0v) is 7.10. The fourth-order valence-corrected chi connectivity index (χ4v) is 1.22. The molecule has 1 N–H and O–H groups in total. The van der Waals surface area contributed by atoms with E-state index >= 15 is 0 Å². The molecule has 0 aliphatic carbocycles. The van der Waals surface area contributed by atoms with E-state index in [0.29, 0.717) is 5.52 Å². The van der Waals surface area contributed by atoms with Crippen LogP contribution >= 0.6 is 11.6 Å². The Labute approximate surface area is 77.2 Å². The zero-order valence-electron chi connectivity index (χ0n) is 6.34. The normalized spacial score (nSPS) is 10.6. The van der Waals surface area contributed by atoms with Crippen molar-refractivity contribution >= 4 is 22.5 Å². The van der Waals surface area contributed by atoms with Crippen LogP contribution in [0.1, 0.15) is 0 Å². The molecule has 5 heteroatoms. The first-order valence-electron chi connectivity index (χ1n) is 3.52. The molecular formula is C8H4ClFN2O. The number of halogens is 2. The topological polar surface area (TPSA) is 45.8 Å². The molecule has 66 valence electrons. The summed E-state index contributed by atoms with van der Waals surface area (Å²) in [6, 6.07) is 3.81. The van der Waals surface area contributed by atoms with Gasteiger partial charge in [0.1, 0.15) is 5.82 Å². The lowest BCUT2D eigenvalue weighted by Gasteiger charge is -1.96. The van der Waals surface area contributed by atoms with Gasteiger partial charge in [-0.15, -0.1) is 0 Å². The van der Waals surface area contributed by atoms with Gasteiger partial charge in [-0.2, -0.15) is 5.10 Å². The molecule has 1 heterocycles. The molecule has 3 nitrogen and oxygen atoms in total. The van der Waals surface area contributed by atoms with E-state index in [9.17, 15) is 9.18 Å². The number of nitrogens with zero attached hydrogens (tertiary/aromatic N) is 1. The molecule has 1 aromatic heterocycles. The third-order valence-electron chi connectivity index (χ3n) is 1.69. The second-order valence-electron chi connectivity index (χ2n) is 2.53. The Kier molecular flexibility index (Phi) is 1.77. The molecule has 0 aliphatic rings. The smallest absolute Gasteiger partial charge is 0.227 e. The summed E-state index contributed by atoms with van der Waals surface area (Å²) in [6.07, 6.45) is 0. The van der Waals surface area contributed by atoms with E-state index in [-0.39, 0.29) is 10.5 Å². The van der Waals surface area contributed by atoms with E-state index in [1.54, 1.807) is 0 Å². The Bertz CT molecular complexity index is 518. The Morgan fingerprint density at radius 1 is 1.46 bits per heavy atom. The van der Waals surface area contributed by atoms with Crippen LogP contribution in [0.3, 0.4) is 0 Å². The van der Waals surface area contributed by atoms with Gasteiger partial charge in [0.2, 0.25) is 5.43 Å². The van der Waals surface area contributed by atoms with E-state index in [1.807, 2.05) is 0 Å². The van der Waals surface area contributed by atoms with Gasteiger partial charge >= 0.3 is 0 Å². The second-order valence-corrected chi connectivity index (χ2v) is 2.89. The van der Waals surface area contributed by atoms with Crippen molar-refractivity contribution < 1.29 is 4.39 Å². The molecule has 0 unspecified atom stereocenters. The lowest BCUT2D eigenvalue weighted by atomic mass is 10.2. The lowest BCUT2D eigenvalue weighted by Crippen LogP contribution is -2.06. The number of H-pyrrole nitrogens is 1. The van der Waals surface area contributed by atoms with Gasteiger partial charge < -0.3 is 0 Å². The number of benzene rings is 1. The van der Waals surface area contributed by atoms with Crippen LogP contribution in [0.2, 0.25) is 5.15 Å². The van der Waals surface area contributed by atoms with E-state index < -0.39 is 11.2 Å². The molecule has 2 aromatic rings. The first kappa shape index (κ1) is 8.19. The number of fused-ring (bicyclic) bond motifs is 1. The highest BCUT2D eigenvalue weighted by Crippen LogP contribution is 2.09. The minimum Gasteiger partial charge on any atom is -0.286 e. The van der Waals surface area contributed by atoms with E-state index in [1.165, 1.54) is 12.1 Å². The molecule has 0 radical (unpaired) electrons. The summed E-state index contributed by atoms with van der Waals surface area (Å²) in [5.74, 6) is -0.472. The average molecular weight is 199 g/mol. The zero-order chi connectivity index (χ0) is 9.42. The highest BCUT2D eigenvalue weighted by atomic mass is 35.5. The van der Waals surface area contributed by atoms with Crippen LogP contribution in [-0.4, -0.2) is 10.2 Å². The number of aromatic nitrogens is 2. The minimum absolute atomic E-state index is 0.182. The summed E-state index contributed by atoms with van der Waals surface area (Å²) in [4.78, 5) is 11.3. The maximum atomic E-state index is 12.7. The average Bonchev–Trinajstić information content (AvgIpc) is 2.12. The molecular weight excluding hydrogens is 195 g/mol. The van der Waals surface area contributed by atoms with Crippen LogP contribution in [0.15, 0.2) is 23.0 Å². The van der Waals surface area contributed by atoms with Gasteiger partial charge in [-0.05, 0) is 18.2 Å². The van der Waals surface area contributed by atoms with Crippen LogP contribution in [-0.2, 0) is 0 Å². The first-order chi connectivity index (χ1) is 6.18. The SMILES string of the molecule is O=c1c(Cl)n[nH]c2ccc(F)cc12. The van der Waals surface area contributed by atoms with Crippen molar-refractivity contribution in [3.63, 3.8) is 0 Å². The van der Waals surface area contributed by atoms with E-state index in [0.717, 1.165) is 6.07 Å². The quantitative estimate of drug-likeness (QED) is 0.701. The molecule has 0 amide bonds. The fourth-order valence-electron chi connectivity index (χ4n) is 1.07. The van der Waals surface area contributed by atoms with E-state index in [2.05, 4.69) is 10.2 Å². The van der Waals surface area contributed by atoms with Crippen LogP contribution in [0.4, 0.5) is 4.39 Å². The summed E-state index contributed by atoms with van der Waals surface area (Å²) in [6.45, 7) is 0. The van der Waals surface area contributed by atoms with Crippen LogP contribution < -0.4 is 5.43 Å². The molecule has 0 spiro atoms. The van der Waals surface area contributed by atoms with E-state index in [4.69, 9.17) is 11.6 Å². The largest absolute Gasteiger partial charge is 0.286 e. The maximum absolute atomic E-state index is 12.7. The molecule has 2 rings (SSSR count). The predicted molar refractivity (Wildman–Crippen MR) is 47.3 cm³/mol. The van der Waals surface area contributed by atoms with Crippen molar-refractivity contribution in [2.24, 2.45) is 0 Å². The molecule has 0 atom stereocenters. The molecule has 0 fully saturated rings. The highest BCUT2D eigenvalue weighted by molar-refractivity contribution is 6.29. The fraction of sp³-hybridized carbons (Fsp3) is 0. The number of rotatable bonds is 0. The molecule has 0 saturated heterocycles. The Morgan fingerprint density at radius 3 is 3.00 bits per heavy atom. The summed E-state index contributed by atoms with van der Waals surface area (Å²) in [5.41, 5.74) is 0.00529. The Morgan fingerprint density at radius 2 is 2.23 bits per heavy atom. The van der Waals surface area contributed by atoms with Gasteiger partial charge in [-0.25, -0.2) is 4.39 Å². The Hall–Kier alpha value is -1.42. The number of hydrogen-bond acceptors (Lipinski definition) is 2. The molecule has 0 saturated carbocycles. The summed E-state index contributed by atoms with van der Waals surface area (Å²) < 4.78 is 12.7. The van der Waals surface area contributed by atoms with Crippen LogP contribution in [0, 0.1) is 5.82 Å². The molecule has 0 bridgehead atoms. The highest BCUT2D eigenvalue weighted by Gasteiger charge is 2.04. The van der Waals surface area contributed by atoms with Crippen LogP contribution in [0.5, 0.6) is 0 Å². The van der Waals surface area contributed by atoms with Crippen molar-refractivity contribution in [2.75, 3.05) is 0 Å². The summed E-state index contributed by atoms with van der Waals surface area (Å²) >= 11 is 5.46. The molecule has 0 aliphatic heterocycles. The number of aromatic amines is 1. The summed E-state index contributed by atoms with van der Waals surface area (Å²) in [7, 11) is 0. The summed E-state index contributed by atoms with van der Waals surface area (Å²) in [5, 5.41) is 6.11. The number of nitrogens with one attached hydrogen (secondary N) is 1. The van der Waals surface area contributed by atoms with Crippen molar-refractivity contribution in [3.8, 4) is 0 Å². The first-order valence-corrected chi connectivity index (χ1v) is 3.90. The van der Waals surface area contributed by atoms with Crippen molar-refractivity contribution in [1.29, 1.82) is 0 Å². The monoisotopic (exact) mass is 198 g/mol. The van der Waals surface area contributed by atoms with Gasteiger partial charge in [0, 0.05) is 0 Å². The predicted octanol–water partition coefficient (Wildman–Crippen LogP) is 1.72. The second kappa shape index (κ2) is 2.81. The standard InChI is InChI=1S/C8H4ClFN2O/c9-8-7(13)5-3-4(10)1-2-6(5)11-12-8/h1-3H,(H,11,13).